The van der Waals surface area contributed by atoms with E-state index in [4.69, 9.17) is 0 Å². The number of aromatic nitrogens is 1. The first kappa shape index (κ1) is 12.1. The number of hydrogen-bond donors (Lipinski definition) is 0. The third kappa shape index (κ3) is 2.06. The fourth-order valence-electron chi connectivity index (χ4n) is 2.23. The Hall–Kier alpha value is -1.38. The Balaban J connectivity index is 2.55. The predicted molar refractivity (Wildman–Crippen MR) is 66.2 cm³/mol. The van der Waals surface area contributed by atoms with E-state index in [9.17, 15) is 8.78 Å². The summed E-state index contributed by atoms with van der Waals surface area (Å²) < 4.78 is 29.6. The van der Waals surface area contributed by atoms with E-state index in [2.05, 4.69) is 0 Å². The Morgan fingerprint density at radius 3 is 2.24 bits per heavy atom. The molecule has 0 fully saturated rings. The van der Waals surface area contributed by atoms with E-state index in [0.29, 0.717) is 0 Å². The highest BCUT2D eigenvalue weighted by atomic mass is 19.3. The number of aryl methyl sites for hydroxylation is 2. The van der Waals surface area contributed by atoms with Crippen LogP contribution >= 0.6 is 0 Å². The third-order valence-corrected chi connectivity index (χ3v) is 3.15. The van der Waals surface area contributed by atoms with Crippen molar-refractivity contribution in [3.8, 4) is 0 Å². The lowest BCUT2D eigenvalue weighted by molar-refractivity contribution is 0.0628. The van der Waals surface area contributed by atoms with Crippen molar-refractivity contribution < 1.29 is 8.78 Å². The average Bonchev–Trinajstić information content (AvgIpc) is 2.71. The molecule has 0 aromatic carbocycles. The van der Waals surface area contributed by atoms with Crippen LogP contribution in [0.25, 0.3) is 5.70 Å². The maximum Gasteiger partial charge on any atom is 0.291 e. The number of nitrogens with zero attached hydrogens (tertiary/aromatic N) is 1. The van der Waals surface area contributed by atoms with Crippen molar-refractivity contribution in [1.82, 2.24) is 4.57 Å². The number of alkyl halides is 2. The first-order valence-corrected chi connectivity index (χ1v) is 6.05. The predicted octanol–water partition coefficient (Wildman–Crippen LogP) is 4.05. The molecule has 0 saturated heterocycles. The SMILES string of the molecule is CCc1ccc(CC)n1C1=CC=CCC1(F)F. The van der Waals surface area contributed by atoms with Crippen molar-refractivity contribution in [1.29, 1.82) is 0 Å². The van der Waals surface area contributed by atoms with E-state index < -0.39 is 5.92 Å². The van der Waals surface area contributed by atoms with Crippen molar-refractivity contribution >= 4 is 5.70 Å². The van der Waals surface area contributed by atoms with Gasteiger partial charge in [0.2, 0.25) is 0 Å². The Kier molecular flexibility index (Phi) is 3.18. The Morgan fingerprint density at radius 1 is 1.18 bits per heavy atom. The van der Waals surface area contributed by atoms with Crippen molar-refractivity contribution in [2.75, 3.05) is 0 Å². The molecular formula is C14H17F2N. The molecule has 1 heterocycles. The van der Waals surface area contributed by atoms with Crippen LogP contribution in [0.4, 0.5) is 8.78 Å². The minimum atomic E-state index is -2.76. The van der Waals surface area contributed by atoms with Gasteiger partial charge in [-0.05, 0) is 31.1 Å². The van der Waals surface area contributed by atoms with Gasteiger partial charge in [-0.2, -0.15) is 8.78 Å². The summed E-state index contributed by atoms with van der Waals surface area (Å²) in [4.78, 5) is 0. The largest absolute Gasteiger partial charge is 0.316 e. The zero-order chi connectivity index (χ0) is 12.5. The van der Waals surface area contributed by atoms with Gasteiger partial charge in [0.05, 0.1) is 5.70 Å². The number of hydrogen-bond acceptors (Lipinski definition) is 0. The molecular weight excluding hydrogens is 220 g/mol. The summed E-state index contributed by atoms with van der Waals surface area (Å²) in [5.41, 5.74) is 2.00. The van der Waals surface area contributed by atoms with Gasteiger partial charge in [0.15, 0.2) is 0 Å². The zero-order valence-electron chi connectivity index (χ0n) is 10.2. The second-order valence-corrected chi connectivity index (χ2v) is 4.25. The lowest BCUT2D eigenvalue weighted by Crippen LogP contribution is -2.25. The highest BCUT2D eigenvalue weighted by Gasteiger charge is 2.36. The lowest BCUT2D eigenvalue weighted by Gasteiger charge is -2.25. The summed E-state index contributed by atoms with van der Waals surface area (Å²) in [6, 6.07) is 3.88. The van der Waals surface area contributed by atoms with Gasteiger partial charge in [-0.1, -0.05) is 26.0 Å². The molecule has 0 unspecified atom stereocenters. The van der Waals surface area contributed by atoms with Crippen LogP contribution in [0.3, 0.4) is 0 Å². The minimum Gasteiger partial charge on any atom is -0.316 e. The molecule has 92 valence electrons. The topological polar surface area (TPSA) is 4.93 Å². The molecule has 0 saturated carbocycles. The second kappa shape index (κ2) is 4.47. The first-order valence-electron chi connectivity index (χ1n) is 6.05. The van der Waals surface area contributed by atoms with E-state index in [1.165, 1.54) is 12.2 Å². The molecule has 1 aromatic heterocycles. The molecule has 0 radical (unpaired) electrons. The van der Waals surface area contributed by atoms with E-state index in [-0.39, 0.29) is 12.1 Å². The molecule has 0 bridgehead atoms. The van der Waals surface area contributed by atoms with Crippen LogP contribution in [0.1, 0.15) is 31.7 Å². The van der Waals surface area contributed by atoms with E-state index in [1.807, 2.05) is 26.0 Å². The Labute approximate surface area is 100 Å². The second-order valence-electron chi connectivity index (χ2n) is 4.25. The van der Waals surface area contributed by atoms with Gasteiger partial charge in [-0.3, -0.25) is 0 Å². The molecule has 1 aliphatic rings. The zero-order valence-corrected chi connectivity index (χ0v) is 10.2. The molecule has 1 aliphatic carbocycles. The summed E-state index contributed by atoms with van der Waals surface area (Å²) >= 11 is 0. The maximum absolute atomic E-state index is 13.9. The molecule has 0 atom stereocenters. The number of halogens is 2. The first-order chi connectivity index (χ1) is 8.10. The quantitative estimate of drug-likeness (QED) is 0.747. The number of allylic oxidation sites excluding steroid dienone is 4. The smallest absolute Gasteiger partial charge is 0.291 e. The summed E-state index contributed by atoms with van der Waals surface area (Å²) in [6.45, 7) is 3.98. The fraction of sp³-hybridized carbons (Fsp3) is 0.429. The Morgan fingerprint density at radius 2 is 1.76 bits per heavy atom. The molecule has 17 heavy (non-hydrogen) atoms. The Bertz CT molecular complexity index is 445. The highest BCUT2D eigenvalue weighted by Crippen LogP contribution is 2.36. The summed E-state index contributed by atoms with van der Waals surface area (Å²) in [5.74, 6) is -2.76. The third-order valence-electron chi connectivity index (χ3n) is 3.15. The minimum absolute atomic E-state index is 0.110. The van der Waals surface area contributed by atoms with E-state index in [1.54, 1.807) is 10.6 Å². The molecule has 0 N–H and O–H groups in total. The van der Waals surface area contributed by atoms with Crippen LogP contribution < -0.4 is 0 Å². The summed E-state index contributed by atoms with van der Waals surface area (Å²) in [7, 11) is 0. The van der Waals surface area contributed by atoms with E-state index in [0.717, 1.165) is 24.2 Å². The van der Waals surface area contributed by atoms with Crippen molar-refractivity contribution in [3.63, 3.8) is 0 Å². The summed E-state index contributed by atoms with van der Waals surface area (Å²) in [6.07, 6.45) is 6.08. The lowest BCUT2D eigenvalue weighted by atomic mass is 10.1. The van der Waals surface area contributed by atoms with Gasteiger partial charge in [0.1, 0.15) is 0 Å². The normalized spacial score (nSPS) is 18.2. The van der Waals surface area contributed by atoms with Gasteiger partial charge in [-0.15, -0.1) is 0 Å². The van der Waals surface area contributed by atoms with Crippen molar-refractivity contribution in [2.24, 2.45) is 0 Å². The van der Waals surface area contributed by atoms with Crippen LogP contribution in [0.2, 0.25) is 0 Å². The van der Waals surface area contributed by atoms with Crippen LogP contribution in [0, 0.1) is 0 Å². The monoisotopic (exact) mass is 237 g/mol. The summed E-state index contributed by atoms with van der Waals surface area (Å²) in [5, 5.41) is 0. The molecule has 0 spiro atoms. The average molecular weight is 237 g/mol. The van der Waals surface area contributed by atoms with Gasteiger partial charge in [-0.25, -0.2) is 0 Å². The van der Waals surface area contributed by atoms with Crippen molar-refractivity contribution in [2.45, 2.75) is 39.0 Å². The molecule has 1 aromatic rings. The molecule has 0 amide bonds. The number of rotatable bonds is 3. The fourth-order valence-corrected chi connectivity index (χ4v) is 2.23. The highest BCUT2D eigenvalue weighted by molar-refractivity contribution is 5.60. The molecule has 3 heteroatoms. The maximum atomic E-state index is 13.9. The van der Waals surface area contributed by atoms with Crippen LogP contribution in [0.15, 0.2) is 30.4 Å². The van der Waals surface area contributed by atoms with Gasteiger partial charge in [0, 0.05) is 17.8 Å². The van der Waals surface area contributed by atoms with Gasteiger partial charge in [0.25, 0.3) is 5.92 Å². The van der Waals surface area contributed by atoms with Gasteiger partial charge >= 0.3 is 0 Å². The van der Waals surface area contributed by atoms with Gasteiger partial charge < -0.3 is 4.57 Å². The molecule has 2 rings (SSSR count). The van der Waals surface area contributed by atoms with Crippen molar-refractivity contribution in [3.05, 3.63) is 41.7 Å². The van der Waals surface area contributed by atoms with Crippen LogP contribution in [-0.2, 0) is 12.8 Å². The molecule has 1 nitrogen and oxygen atoms in total. The van der Waals surface area contributed by atoms with Crippen LogP contribution in [0.5, 0.6) is 0 Å². The van der Waals surface area contributed by atoms with E-state index >= 15 is 0 Å². The van der Waals surface area contributed by atoms with Crippen LogP contribution in [-0.4, -0.2) is 10.5 Å². The molecule has 0 aliphatic heterocycles. The standard InChI is InChI=1S/C14H17F2N/c1-3-11-8-9-12(4-2)17(11)13-7-5-6-10-14(13,15)16/h5-9H,3-4,10H2,1-2H3.